The highest BCUT2D eigenvalue weighted by Crippen LogP contribution is 2.22. The van der Waals surface area contributed by atoms with Crippen LogP contribution >= 0.6 is 24.0 Å². The second-order valence-electron chi connectivity index (χ2n) is 7.28. The van der Waals surface area contributed by atoms with Gasteiger partial charge in [0.15, 0.2) is 12.6 Å². The Hall–Kier alpha value is -1.27. The summed E-state index contributed by atoms with van der Waals surface area (Å²) in [6.45, 7) is 7.36. The van der Waals surface area contributed by atoms with Crippen LogP contribution in [0, 0.1) is 5.92 Å². The van der Waals surface area contributed by atoms with E-state index in [0.717, 1.165) is 26.3 Å². The number of morpholine rings is 1. The van der Waals surface area contributed by atoms with Gasteiger partial charge in [-0.15, -0.1) is 24.0 Å². The van der Waals surface area contributed by atoms with Crippen LogP contribution < -0.4 is 15.4 Å². The smallest absolute Gasteiger partial charge is 0.422 e. The summed E-state index contributed by atoms with van der Waals surface area (Å²) in [6, 6.07) is 7.02. The van der Waals surface area contributed by atoms with Crippen molar-refractivity contribution < 1.29 is 22.6 Å². The molecule has 0 aliphatic carbocycles. The number of alkyl halides is 3. The second-order valence-corrected chi connectivity index (χ2v) is 7.28. The molecule has 0 saturated carbocycles. The first-order valence-corrected chi connectivity index (χ1v) is 9.84. The van der Waals surface area contributed by atoms with E-state index in [2.05, 4.69) is 34.4 Å². The number of nitrogens with zero attached hydrogens (tertiary/aromatic N) is 2. The maximum absolute atomic E-state index is 12.5. The van der Waals surface area contributed by atoms with Crippen LogP contribution in [0.4, 0.5) is 13.2 Å². The van der Waals surface area contributed by atoms with Gasteiger partial charge in [0.05, 0.1) is 13.2 Å². The second kappa shape index (κ2) is 13.2. The normalized spacial score (nSPS) is 16.7. The monoisotopic (exact) mass is 544 g/mol. The number of rotatable bonds is 8. The molecule has 0 amide bonds. The van der Waals surface area contributed by atoms with Crippen LogP contribution in [0.2, 0.25) is 0 Å². The van der Waals surface area contributed by atoms with E-state index in [1.807, 2.05) is 0 Å². The number of hydrogen-bond acceptors (Lipinski definition) is 4. The molecule has 1 aromatic rings. The lowest BCUT2D eigenvalue weighted by Crippen LogP contribution is -2.52. The van der Waals surface area contributed by atoms with Crippen molar-refractivity contribution in [3.05, 3.63) is 29.8 Å². The van der Waals surface area contributed by atoms with Gasteiger partial charge in [0, 0.05) is 44.8 Å². The highest BCUT2D eigenvalue weighted by atomic mass is 127. The predicted octanol–water partition coefficient (Wildman–Crippen LogP) is 3.27. The van der Waals surface area contributed by atoms with Crippen molar-refractivity contribution in [2.45, 2.75) is 32.6 Å². The summed E-state index contributed by atoms with van der Waals surface area (Å²) in [6.07, 6.45) is -4.37. The molecule has 1 saturated heterocycles. The average Bonchev–Trinajstić information content (AvgIpc) is 2.69. The zero-order valence-corrected chi connectivity index (χ0v) is 20.0. The quantitative estimate of drug-likeness (QED) is 0.299. The molecule has 1 aromatic carbocycles. The Morgan fingerprint density at radius 2 is 1.87 bits per heavy atom. The van der Waals surface area contributed by atoms with E-state index < -0.39 is 12.8 Å². The van der Waals surface area contributed by atoms with Crippen molar-refractivity contribution in [1.82, 2.24) is 15.5 Å². The van der Waals surface area contributed by atoms with Crippen molar-refractivity contribution >= 4 is 29.9 Å². The molecule has 1 heterocycles. The van der Waals surface area contributed by atoms with Gasteiger partial charge < -0.3 is 20.1 Å². The van der Waals surface area contributed by atoms with E-state index in [1.165, 1.54) is 6.07 Å². The first-order chi connectivity index (χ1) is 13.8. The molecule has 1 atom stereocenters. The van der Waals surface area contributed by atoms with Crippen molar-refractivity contribution in [2.24, 2.45) is 10.9 Å². The fourth-order valence-electron chi connectivity index (χ4n) is 3.25. The summed E-state index contributed by atoms with van der Waals surface area (Å²) >= 11 is 0. The third-order valence-corrected chi connectivity index (χ3v) is 4.80. The van der Waals surface area contributed by atoms with Crippen molar-refractivity contribution in [3.63, 3.8) is 0 Å². The average molecular weight is 544 g/mol. The highest BCUT2D eigenvalue weighted by molar-refractivity contribution is 14.0. The van der Waals surface area contributed by atoms with E-state index in [4.69, 9.17) is 9.47 Å². The molecule has 0 radical (unpaired) electrons. The zero-order valence-electron chi connectivity index (χ0n) is 17.7. The minimum atomic E-state index is -4.37. The molecular formula is C20H32F3IN4O2. The summed E-state index contributed by atoms with van der Waals surface area (Å²) in [5.41, 5.74) is 0.633. The number of para-hydroxylation sites is 1. The maximum Gasteiger partial charge on any atom is 0.422 e. The van der Waals surface area contributed by atoms with Gasteiger partial charge in [-0.3, -0.25) is 9.89 Å². The number of guanidine groups is 1. The molecule has 0 spiro atoms. The Labute approximate surface area is 193 Å². The van der Waals surface area contributed by atoms with Gasteiger partial charge in [0.2, 0.25) is 0 Å². The number of halogens is 4. The fraction of sp³-hybridized carbons (Fsp3) is 0.650. The molecule has 1 aliphatic heterocycles. The van der Waals surface area contributed by atoms with Crippen LogP contribution in [0.25, 0.3) is 0 Å². The van der Waals surface area contributed by atoms with Crippen molar-refractivity contribution in [3.8, 4) is 5.75 Å². The fourth-order valence-corrected chi connectivity index (χ4v) is 3.25. The Morgan fingerprint density at radius 1 is 1.20 bits per heavy atom. The van der Waals surface area contributed by atoms with Gasteiger partial charge in [0.25, 0.3) is 0 Å². The first-order valence-electron chi connectivity index (χ1n) is 9.84. The lowest BCUT2D eigenvalue weighted by atomic mass is 10.0. The van der Waals surface area contributed by atoms with Crippen LogP contribution in [-0.2, 0) is 11.3 Å². The zero-order chi connectivity index (χ0) is 21.3. The van der Waals surface area contributed by atoms with Gasteiger partial charge in [0.1, 0.15) is 5.75 Å². The van der Waals surface area contributed by atoms with Gasteiger partial charge in [-0.2, -0.15) is 13.2 Å². The third kappa shape index (κ3) is 9.25. The number of benzene rings is 1. The van der Waals surface area contributed by atoms with Crippen molar-refractivity contribution in [2.75, 3.05) is 46.5 Å². The topological polar surface area (TPSA) is 58.1 Å². The van der Waals surface area contributed by atoms with Gasteiger partial charge >= 0.3 is 6.18 Å². The van der Waals surface area contributed by atoms with Gasteiger partial charge in [-0.05, 0) is 12.0 Å². The van der Waals surface area contributed by atoms with Crippen LogP contribution in [0.5, 0.6) is 5.75 Å². The molecule has 172 valence electrons. The molecule has 1 aliphatic rings. The summed E-state index contributed by atoms with van der Waals surface area (Å²) in [5, 5.41) is 6.48. The van der Waals surface area contributed by atoms with Crippen LogP contribution in [0.15, 0.2) is 29.3 Å². The van der Waals surface area contributed by atoms with E-state index in [9.17, 15) is 13.2 Å². The Balaban J connectivity index is 0.00000450. The summed E-state index contributed by atoms with van der Waals surface area (Å²) in [5.74, 6) is 1.26. The third-order valence-electron chi connectivity index (χ3n) is 4.80. The van der Waals surface area contributed by atoms with Crippen LogP contribution in [0.1, 0.15) is 19.4 Å². The van der Waals surface area contributed by atoms with Crippen LogP contribution in [0.3, 0.4) is 0 Å². The molecule has 10 heteroatoms. The number of nitrogens with one attached hydrogen (secondary N) is 2. The predicted molar refractivity (Wildman–Crippen MR) is 123 cm³/mol. The van der Waals surface area contributed by atoms with E-state index >= 15 is 0 Å². The van der Waals surface area contributed by atoms with E-state index in [-0.39, 0.29) is 29.7 Å². The number of aliphatic imine (C=N–C) groups is 1. The van der Waals surface area contributed by atoms with E-state index in [1.54, 1.807) is 25.2 Å². The molecule has 1 fully saturated rings. The van der Waals surface area contributed by atoms with Crippen LogP contribution in [-0.4, -0.2) is 69.6 Å². The summed E-state index contributed by atoms with van der Waals surface area (Å²) < 4.78 is 47.7. The molecule has 1 unspecified atom stereocenters. The minimum Gasteiger partial charge on any atom is -0.484 e. The molecule has 0 aromatic heterocycles. The molecule has 6 nitrogen and oxygen atoms in total. The Kier molecular flexibility index (Phi) is 11.8. The van der Waals surface area contributed by atoms with Gasteiger partial charge in [-0.25, -0.2) is 0 Å². The highest BCUT2D eigenvalue weighted by Gasteiger charge is 2.29. The lowest BCUT2D eigenvalue weighted by Gasteiger charge is -2.37. The van der Waals surface area contributed by atoms with Crippen molar-refractivity contribution in [1.29, 1.82) is 0 Å². The summed E-state index contributed by atoms with van der Waals surface area (Å²) in [4.78, 5) is 6.64. The number of ether oxygens (including phenoxy) is 2. The molecule has 2 N–H and O–H groups in total. The Bertz CT molecular complexity index is 653. The maximum atomic E-state index is 12.5. The first kappa shape index (κ1) is 26.8. The Morgan fingerprint density at radius 3 is 2.47 bits per heavy atom. The molecular weight excluding hydrogens is 512 g/mol. The number of hydrogen-bond donors (Lipinski definition) is 2. The molecule has 0 bridgehead atoms. The largest absolute Gasteiger partial charge is 0.484 e. The van der Waals surface area contributed by atoms with Gasteiger partial charge in [-0.1, -0.05) is 32.0 Å². The molecule has 30 heavy (non-hydrogen) atoms. The minimum absolute atomic E-state index is 0. The van der Waals surface area contributed by atoms with E-state index in [0.29, 0.717) is 36.6 Å². The summed E-state index contributed by atoms with van der Waals surface area (Å²) in [7, 11) is 1.67. The lowest BCUT2D eigenvalue weighted by molar-refractivity contribution is -0.153. The molecule has 2 rings (SSSR count). The SMILES string of the molecule is CN=C(NCc1ccccc1OCC(F)(F)F)NCC(C(C)C)N1CCOCC1.I. The standard InChI is InChI=1S/C20H31F3N4O2.HI/c1-15(2)17(27-8-10-28-11-9-27)13-26-19(24-3)25-12-16-6-4-5-7-18(16)29-14-20(21,22)23;/h4-7,15,17H,8-14H2,1-3H3,(H2,24,25,26);1H.